The smallest absolute Gasteiger partial charge is 0.335 e. The molecule has 1 heterocycles. The summed E-state index contributed by atoms with van der Waals surface area (Å²) in [5.74, 6) is 0.443. The Kier molecular flexibility index (Phi) is 6.93. The van der Waals surface area contributed by atoms with Crippen LogP contribution in [0.2, 0.25) is 0 Å². The molecule has 1 N–H and O–H groups in total. The SMILES string of the molecule is CC(C)(C)CC[C@H](c1ccc(C(=O)O)cc1)N1C(=O)C(CC2CC2)=NC12CCC(C(C)(C)C)CC2. The number of nitrogens with zero attached hydrogens (tertiary/aromatic N) is 2. The number of benzene rings is 1. The van der Waals surface area contributed by atoms with Gasteiger partial charge in [0.1, 0.15) is 11.4 Å². The van der Waals surface area contributed by atoms with Gasteiger partial charge in [0.15, 0.2) is 0 Å². The van der Waals surface area contributed by atoms with E-state index < -0.39 is 11.6 Å². The molecule has 1 amide bonds. The summed E-state index contributed by atoms with van der Waals surface area (Å²) in [6.45, 7) is 13.7. The van der Waals surface area contributed by atoms with Gasteiger partial charge in [-0.25, -0.2) is 4.79 Å². The van der Waals surface area contributed by atoms with Crippen LogP contribution in [0.15, 0.2) is 29.3 Å². The van der Waals surface area contributed by atoms with Crippen LogP contribution >= 0.6 is 0 Å². The lowest BCUT2D eigenvalue weighted by molar-refractivity contribution is -0.134. The third-order valence-corrected chi connectivity index (χ3v) is 8.47. The topological polar surface area (TPSA) is 70.0 Å². The first-order valence-electron chi connectivity index (χ1n) is 13.5. The highest BCUT2D eigenvalue weighted by atomic mass is 16.4. The van der Waals surface area contributed by atoms with Crippen LogP contribution in [0.3, 0.4) is 0 Å². The molecule has 5 nitrogen and oxygen atoms in total. The fraction of sp³-hybridized carbons (Fsp3) is 0.700. The van der Waals surface area contributed by atoms with Gasteiger partial charge in [0, 0.05) is 0 Å². The number of rotatable bonds is 7. The van der Waals surface area contributed by atoms with Crippen LogP contribution in [0.1, 0.15) is 121 Å². The Balaban J connectivity index is 1.70. The van der Waals surface area contributed by atoms with E-state index >= 15 is 0 Å². The standard InChI is InChI=1S/C30H44N2O3/c1-28(2,3)16-15-25(21-9-11-22(12-10-21)27(34)35)32-26(33)24(19-20-7-8-20)31-30(32)17-13-23(14-18-30)29(4,5)6/h9-12,20,23,25H,7-8,13-19H2,1-6H3,(H,34,35)/t23?,25-,30?/m1/s1. The lowest BCUT2D eigenvalue weighted by atomic mass is 9.69. The molecule has 2 saturated carbocycles. The van der Waals surface area contributed by atoms with Gasteiger partial charge in [-0.2, -0.15) is 0 Å². The van der Waals surface area contributed by atoms with Crippen molar-refractivity contribution in [2.75, 3.05) is 0 Å². The van der Waals surface area contributed by atoms with E-state index in [0.29, 0.717) is 11.8 Å². The van der Waals surface area contributed by atoms with Gasteiger partial charge in [-0.05, 0) is 98.1 Å². The number of aromatic carboxylic acids is 1. The Morgan fingerprint density at radius 3 is 2.14 bits per heavy atom. The molecule has 0 bridgehead atoms. The first-order chi connectivity index (χ1) is 16.3. The van der Waals surface area contributed by atoms with Gasteiger partial charge in [0.25, 0.3) is 5.91 Å². The van der Waals surface area contributed by atoms with Crippen molar-refractivity contribution in [1.29, 1.82) is 0 Å². The molecule has 192 valence electrons. The van der Waals surface area contributed by atoms with Gasteiger partial charge in [0.05, 0.1) is 11.6 Å². The molecule has 1 aromatic carbocycles. The van der Waals surface area contributed by atoms with Crippen LogP contribution in [0.4, 0.5) is 0 Å². The van der Waals surface area contributed by atoms with Crippen molar-refractivity contribution in [2.45, 2.75) is 111 Å². The molecule has 0 aromatic heterocycles. The summed E-state index contributed by atoms with van der Waals surface area (Å²) >= 11 is 0. The van der Waals surface area contributed by atoms with E-state index in [1.165, 1.54) is 12.8 Å². The molecule has 0 radical (unpaired) electrons. The van der Waals surface area contributed by atoms with Crippen molar-refractivity contribution < 1.29 is 14.7 Å². The van der Waals surface area contributed by atoms with Gasteiger partial charge < -0.3 is 10.0 Å². The Morgan fingerprint density at radius 1 is 1.06 bits per heavy atom. The van der Waals surface area contributed by atoms with Gasteiger partial charge in [0.2, 0.25) is 0 Å². The molecule has 5 heteroatoms. The molecule has 35 heavy (non-hydrogen) atoms. The fourth-order valence-corrected chi connectivity index (χ4v) is 6.00. The van der Waals surface area contributed by atoms with Crippen LogP contribution in [0, 0.1) is 22.7 Å². The first-order valence-corrected chi connectivity index (χ1v) is 13.5. The number of hydrogen-bond acceptors (Lipinski definition) is 3. The molecule has 0 saturated heterocycles. The molecule has 1 atom stereocenters. The third kappa shape index (κ3) is 5.81. The second-order valence-electron chi connectivity index (χ2n) is 13.5. The monoisotopic (exact) mass is 480 g/mol. The number of hydrogen-bond donors (Lipinski definition) is 1. The Hall–Kier alpha value is -2.17. The van der Waals surface area contributed by atoms with Crippen molar-refractivity contribution >= 4 is 17.6 Å². The van der Waals surface area contributed by atoms with Crippen LogP contribution in [0.25, 0.3) is 0 Å². The van der Waals surface area contributed by atoms with Crippen molar-refractivity contribution in [2.24, 2.45) is 27.7 Å². The predicted octanol–water partition coefficient (Wildman–Crippen LogP) is 7.27. The molecule has 1 aliphatic heterocycles. The predicted molar refractivity (Wildman–Crippen MR) is 141 cm³/mol. The average Bonchev–Trinajstić information content (AvgIpc) is 3.55. The number of carboxylic acids is 1. The summed E-state index contributed by atoms with van der Waals surface area (Å²) in [5.41, 5.74) is 2.02. The summed E-state index contributed by atoms with van der Waals surface area (Å²) in [6, 6.07) is 7.08. The summed E-state index contributed by atoms with van der Waals surface area (Å²) in [5, 5.41) is 9.41. The minimum atomic E-state index is -0.924. The molecular weight excluding hydrogens is 436 g/mol. The molecule has 2 aliphatic carbocycles. The minimum Gasteiger partial charge on any atom is -0.478 e. The molecule has 2 fully saturated rings. The normalized spacial score (nSPS) is 26.2. The number of carboxylic acid groups (broad SMARTS) is 1. The van der Waals surface area contributed by atoms with E-state index in [1.807, 2.05) is 12.1 Å². The molecule has 4 rings (SSSR count). The first kappa shape index (κ1) is 25.9. The zero-order valence-electron chi connectivity index (χ0n) is 22.6. The van der Waals surface area contributed by atoms with Gasteiger partial charge in [-0.3, -0.25) is 9.79 Å². The molecule has 1 spiro atoms. The van der Waals surface area contributed by atoms with E-state index in [0.717, 1.165) is 56.2 Å². The van der Waals surface area contributed by atoms with Crippen LogP contribution < -0.4 is 0 Å². The maximum Gasteiger partial charge on any atom is 0.335 e. The Bertz CT molecular complexity index is 968. The van der Waals surface area contributed by atoms with Gasteiger partial charge >= 0.3 is 5.97 Å². The lowest BCUT2D eigenvalue weighted by Gasteiger charge is -2.48. The van der Waals surface area contributed by atoms with Crippen molar-refractivity contribution in [1.82, 2.24) is 4.90 Å². The van der Waals surface area contributed by atoms with Gasteiger partial charge in [-0.1, -0.05) is 53.7 Å². The maximum absolute atomic E-state index is 14.0. The second kappa shape index (κ2) is 9.37. The second-order valence-corrected chi connectivity index (χ2v) is 13.5. The molecular formula is C30H44N2O3. The van der Waals surface area contributed by atoms with E-state index in [4.69, 9.17) is 4.99 Å². The summed E-state index contributed by atoms with van der Waals surface area (Å²) < 4.78 is 0. The van der Waals surface area contributed by atoms with Crippen LogP contribution in [0.5, 0.6) is 0 Å². The maximum atomic E-state index is 14.0. The zero-order chi connectivity index (χ0) is 25.6. The van der Waals surface area contributed by atoms with Crippen LogP contribution in [-0.4, -0.2) is 33.3 Å². The molecule has 0 unspecified atom stereocenters. The minimum absolute atomic E-state index is 0.101. The summed E-state index contributed by atoms with van der Waals surface area (Å²) in [7, 11) is 0. The van der Waals surface area contributed by atoms with E-state index in [2.05, 4.69) is 46.4 Å². The summed E-state index contributed by atoms with van der Waals surface area (Å²) in [6.07, 6.45) is 9.02. The van der Waals surface area contributed by atoms with E-state index in [9.17, 15) is 14.7 Å². The van der Waals surface area contributed by atoms with Crippen molar-refractivity contribution in [3.05, 3.63) is 35.4 Å². The van der Waals surface area contributed by atoms with E-state index in [1.54, 1.807) is 12.1 Å². The quantitative estimate of drug-likeness (QED) is 0.446. The van der Waals surface area contributed by atoms with E-state index in [-0.39, 0.29) is 28.3 Å². The van der Waals surface area contributed by atoms with Crippen LogP contribution in [-0.2, 0) is 4.79 Å². The Morgan fingerprint density at radius 2 is 1.66 bits per heavy atom. The highest BCUT2D eigenvalue weighted by molar-refractivity contribution is 6.40. The lowest BCUT2D eigenvalue weighted by Crippen LogP contribution is -2.51. The largest absolute Gasteiger partial charge is 0.478 e. The fourth-order valence-electron chi connectivity index (χ4n) is 6.00. The van der Waals surface area contributed by atoms with Crippen molar-refractivity contribution in [3.8, 4) is 0 Å². The Labute approximate surface area is 211 Å². The molecule has 1 aromatic rings. The zero-order valence-corrected chi connectivity index (χ0v) is 22.6. The van der Waals surface area contributed by atoms with Gasteiger partial charge in [-0.15, -0.1) is 0 Å². The number of aliphatic imine (C=N–C) groups is 1. The highest BCUT2D eigenvalue weighted by Crippen LogP contribution is 2.50. The number of carbonyl (C=O) groups is 2. The number of carbonyl (C=O) groups excluding carboxylic acids is 1. The summed E-state index contributed by atoms with van der Waals surface area (Å²) in [4.78, 5) is 32.9. The van der Waals surface area contributed by atoms with Crippen molar-refractivity contribution in [3.63, 3.8) is 0 Å². The average molecular weight is 481 g/mol. The third-order valence-electron chi connectivity index (χ3n) is 8.47. The number of amides is 1. The molecule has 3 aliphatic rings. The highest BCUT2D eigenvalue weighted by Gasteiger charge is 2.52.